The highest BCUT2D eigenvalue weighted by atomic mass is 35.5. The first-order valence-corrected chi connectivity index (χ1v) is 9.18. The number of hydrogen-bond acceptors (Lipinski definition) is 5. The first-order chi connectivity index (χ1) is 13.0. The van der Waals surface area contributed by atoms with Crippen molar-refractivity contribution in [3.05, 3.63) is 68.7 Å². The van der Waals surface area contributed by atoms with E-state index in [1.54, 1.807) is 18.2 Å². The number of nitro groups is 1. The van der Waals surface area contributed by atoms with Crippen molar-refractivity contribution < 1.29 is 9.72 Å². The van der Waals surface area contributed by atoms with Crippen LogP contribution < -0.4 is 10.6 Å². The standard InChI is InChI=1S/C19H19ClN4O3/c20-15-5-2-6-16-17(15)18(25)22-19(21-16)7-9-23(10-8-19)12-13-3-1-4-14(11-13)24(26)27/h1-6,11,21H,7-10,12H2,(H,22,25). The molecule has 7 nitrogen and oxygen atoms in total. The fourth-order valence-corrected chi connectivity index (χ4v) is 4.06. The minimum Gasteiger partial charge on any atom is -0.362 e. The summed E-state index contributed by atoms with van der Waals surface area (Å²) in [7, 11) is 0. The van der Waals surface area contributed by atoms with Gasteiger partial charge in [0.05, 0.1) is 21.2 Å². The van der Waals surface area contributed by atoms with Gasteiger partial charge in [-0.1, -0.05) is 29.8 Å². The Morgan fingerprint density at radius 1 is 1.15 bits per heavy atom. The molecule has 2 aliphatic rings. The Morgan fingerprint density at radius 3 is 2.63 bits per heavy atom. The number of piperidine rings is 1. The van der Waals surface area contributed by atoms with Crippen molar-refractivity contribution in [3.63, 3.8) is 0 Å². The molecule has 0 aromatic heterocycles. The smallest absolute Gasteiger partial charge is 0.269 e. The van der Waals surface area contributed by atoms with E-state index < -0.39 is 5.66 Å². The molecular formula is C19H19ClN4O3. The van der Waals surface area contributed by atoms with Gasteiger partial charge in [-0.2, -0.15) is 0 Å². The number of non-ortho nitro benzene ring substituents is 1. The van der Waals surface area contributed by atoms with Crippen molar-refractivity contribution in [2.75, 3.05) is 18.4 Å². The molecule has 27 heavy (non-hydrogen) atoms. The Bertz CT molecular complexity index is 910. The van der Waals surface area contributed by atoms with Crippen LogP contribution in [0.15, 0.2) is 42.5 Å². The van der Waals surface area contributed by atoms with Crippen LogP contribution >= 0.6 is 11.6 Å². The molecule has 1 spiro atoms. The zero-order chi connectivity index (χ0) is 19.0. The third-order valence-corrected chi connectivity index (χ3v) is 5.52. The Labute approximate surface area is 161 Å². The van der Waals surface area contributed by atoms with Crippen molar-refractivity contribution in [2.24, 2.45) is 0 Å². The maximum Gasteiger partial charge on any atom is 0.269 e. The van der Waals surface area contributed by atoms with E-state index >= 15 is 0 Å². The number of nitro benzene ring substituents is 1. The summed E-state index contributed by atoms with van der Waals surface area (Å²) in [5.74, 6) is -0.151. The highest BCUT2D eigenvalue weighted by molar-refractivity contribution is 6.34. The molecule has 1 amide bonds. The molecule has 1 saturated heterocycles. The van der Waals surface area contributed by atoms with Gasteiger partial charge in [0.1, 0.15) is 5.66 Å². The van der Waals surface area contributed by atoms with E-state index in [4.69, 9.17) is 11.6 Å². The van der Waals surface area contributed by atoms with Crippen molar-refractivity contribution >= 4 is 28.9 Å². The van der Waals surface area contributed by atoms with Gasteiger partial charge in [0.2, 0.25) is 0 Å². The van der Waals surface area contributed by atoms with Crippen LogP contribution in [0.3, 0.4) is 0 Å². The number of halogens is 1. The molecule has 2 heterocycles. The molecule has 0 radical (unpaired) electrons. The van der Waals surface area contributed by atoms with E-state index in [1.807, 2.05) is 18.2 Å². The van der Waals surface area contributed by atoms with Crippen molar-refractivity contribution in [3.8, 4) is 0 Å². The minimum atomic E-state index is -0.478. The molecule has 0 aliphatic carbocycles. The van der Waals surface area contributed by atoms with Crippen LogP contribution in [0.25, 0.3) is 0 Å². The highest BCUT2D eigenvalue weighted by Gasteiger charge is 2.40. The number of carbonyl (C=O) groups is 1. The molecule has 0 unspecified atom stereocenters. The molecule has 2 aliphatic heterocycles. The van der Waals surface area contributed by atoms with E-state index in [0.29, 0.717) is 17.1 Å². The van der Waals surface area contributed by atoms with E-state index in [1.165, 1.54) is 6.07 Å². The third kappa shape index (κ3) is 3.48. The maximum atomic E-state index is 12.5. The summed E-state index contributed by atoms with van der Waals surface area (Å²) >= 11 is 6.16. The number of carbonyl (C=O) groups excluding carboxylic acids is 1. The number of likely N-dealkylation sites (tertiary alicyclic amines) is 1. The van der Waals surface area contributed by atoms with Crippen molar-refractivity contribution in [1.29, 1.82) is 0 Å². The van der Waals surface area contributed by atoms with Crippen LogP contribution in [-0.2, 0) is 6.54 Å². The van der Waals surface area contributed by atoms with Gasteiger partial charge in [0, 0.05) is 44.6 Å². The predicted octanol–water partition coefficient (Wildman–Crippen LogP) is 3.40. The molecule has 0 saturated carbocycles. The molecule has 0 bridgehead atoms. The molecule has 2 aromatic carbocycles. The van der Waals surface area contributed by atoms with Gasteiger partial charge in [-0.3, -0.25) is 19.8 Å². The Hall–Kier alpha value is -2.64. The number of benzene rings is 2. The van der Waals surface area contributed by atoms with Crippen molar-refractivity contribution in [1.82, 2.24) is 10.2 Å². The lowest BCUT2D eigenvalue weighted by Gasteiger charge is -2.46. The average Bonchev–Trinajstić information content (AvgIpc) is 2.64. The number of hydrogen-bond donors (Lipinski definition) is 2. The Morgan fingerprint density at radius 2 is 1.89 bits per heavy atom. The van der Waals surface area contributed by atoms with Gasteiger partial charge in [-0.25, -0.2) is 0 Å². The van der Waals surface area contributed by atoms with Crippen LogP contribution in [-0.4, -0.2) is 34.5 Å². The molecule has 0 atom stereocenters. The lowest BCUT2D eigenvalue weighted by Crippen LogP contribution is -2.62. The average molecular weight is 387 g/mol. The summed E-state index contributed by atoms with van der Waals surface area (Å²) in [4.78, 5) is 25.3. The maximum absolute atomic E-state index is 12.5. The van der Waals surface area contributed by atoms with Crippen LogP contribution in [0.1, 0.15) is 28.8 Å². The zero-order valence-corrected chi connectivity index (χ0v) is 15.3. The van der Waals surface area contributed by atoms with Gasteiger partial charge in [-0.05, 0) is 17.7 Å². The van der Waals surface area contributed by atoms with E-state index in [0.717, 1.165) is 37.2 Å². The lowest BCUT2D eigenvalue weighted by atomic mass is 9.92. The van der Waals surface area contributed by atoms with Crippen LogP contribution in [0.4, 0.5) is 11.4 Å². The summed E-state index contributed by atoms with van der Waals surface area (Å²) < 4.78 is 0. The SMILES string of the molecule is O=C1NC2(CCN(Cc3cccc([N+](=O)[O-])c3)CC2)Nc2cccc(Cl)c21. The van der Waals surface area contributed by atoms with Gasteiger partial charge >= 0.3 is 0 Å². The zero-order valence-electron chi connectivity index (χ0n) is 14.6. The molecule has 4 rings (SSSR count). The summed E-state index contributed by atoms with van der Waals surface area (Å²) in [6, 6.07) is 12.1. The van der Waals surface area contributed by atoms with Crippen molar-refractivity contribution in [2.45, 2.75) is 25.0 Å². The first kappa shape index (κ1) is 17.8. The highest BCUT2D eigenvalue weighted by Crippen LogP contribution is 2.34. The van der Waals surface area contributed by atoms with Crippen LogP contribution in [0.2, 0.25) is 5.02 Å². The number of nitrogens with one attached hydrogen (secondary N) is 2. The summed E-state index contributed by atoms with van der Waals surface area (Å²) in [6.07, 6.45) is 1.47. The lowest BCUT2D eigenvalue weighted by molar-refractivity contribution is -0.384. The second-order valence-corrected chi connectivity index (χ2v) is 7.43. The van der Waals surface area contributed by atoms with Gasteiger partial charge in [-0.15, -0.1) is 0 Å². The normalized spacial score (nSPS) is 18.5. The summed E-state index contributed by atoms with van der Waals surface area (Å²) in [5, 5.41) is 17.9. The molecule has 2 N–H and O–H groups in total. The van der Waals surface area contributed by atoms with Crippen LogP contribution in [0.5, 0.6) is 0 Å². The van der Waals surface area contributed by atoms with Gasteiger partial charge in [0.15, 0.2) is 0 Å². The summed E-state index contributed by atoms with van der Waals surface area (Å²) in [6.45, 7) is 2.19. The number of rotatable bonds is 3. The van der Waals surface area contributed by atoms with Gasteiger partial charge in [0.25, 0.3) is 11.6 Å². The number of anilines is 1. The monoisotopic (exact) mass is 386 g/mol. The fourth-order valence-electron chi connectivity index (χ4n) is 3.80. The molecular weight excluding hydrogens is 368 g/mol. The first-order valence-electron chi connectivity index (χ1n) is 8.81. The van der Waals surface area contributed by atoms with E-state index in [2.05, 4.69) is 15.5 Å². The topological polar surface area (TPSA) is 87.5 Å². The Kier molecular flexibility index (Phi) is 4.49. The predicted molar refractivity (Wildman–Crippen MR) is 103 cm³/mol. The second kappa shape index (κ2) is 6.83. The fraction of sp³-hybridized carbons (Fsp3) is 0.316. The van der Waals surface area contributed by atoms with Gasteiger partial charge < -0.3 is 10.6 Å². The number of amides is 1. The number of fused-ring (bicyclic) bond motifs is 1. The van der Waals surface area contributed by atoms with E-state index in [9.17, 15) is 14.9 Å². The summed E-state index contributed by atoms with van der Waals surface area (Å²) in [5.41, 5.74) is 1.80. The quantitative estimate of drug-likeness (QED) is 0.623. The van der Waals surface area contributed by atoms with Crippen LogP contribution in [0, 0.1) is 10.1 Å². The molecule has 8 heteroatoms. The number of nitrogens with zero attached hydrogens (tertiary/aromatic N) is 2. The second-order valence-electron chi connectivity index (χ2n) is 7.03. The van der Waals surface area contributed by atoms with E-state index in [-0.39, 0.29) is 16.5 Å². The third-order valence-electron chi connectivity index (χ3n) is 5.20. The minimum absolute atomic E-state index is 0.107. The molecule has 140 valence electrons. The Balaban J connectivity index is 1.44. The molecule has 2 aromatic rings. The molecule has 1 fully saturated rings. The largest absolute Gasteiger partial charge is 0.362 e.